The SMILES string of the molecule is CCCN1/C(=C/C2=C(O)C(=C\c3ccc4cc(/C=C/c5ccc(S(=O)(=O)O)cc5)ccc4[n+]3CCC)/C2=O)C=Cc2cc(/C=C/c3ccc(S(=O)(=O)O)cc3)ccc21. The number of fused-ring (bicyclic) bond motifs is 2. The highest BCUT2D eigenvalue weighted by Crippen LogP contribution is 2.37. The number of aliphatic hydroxyl groups excluding tert-OH is 1. The van der Waals surface area contributed by atoms with E-state index in [0.29, 0.717) is 13.1 Å². The van der Waals surface area contributed by atoms with E-state index in [-0.39, 0.29) is 32.5 Å². The van der Waals surface area contributed by atoms with Crippen LogP contribution in [0.1, 0.15) is 60.2 Å². The summed E-state index contributed by atoms with van der Waals surface area (Å²) in [7, 11) is -8.51. The maximum absolute atomic E-state index is 13.6. The number of anilines is 1. The molecule has 3 N–H and O–H groups in total. The summed E-state index contributed by atoms with van der Waals surface area (Å²) in [5.41, 5.74) is 8.43. The molecular weight excluding hydrogens is 773 g/mol. The first-order valence-electron chi connectivity index (χ1n) is 18.7. The number of rotatable bonds is 12. The van der Waals surface area contributed by atoms with Gasteiger partial charge in [0.2, 0.25) is 17.0 Å². The number of carbonyl (C=O) groups excluding carboxylic acids is 1. The van der Waals surface area contributed by atoms with E-state index in [0.717, 1.165) is 68.6 Å². The smallest absolute Gasteiger partial charge is 0.294 e. The number of aromatic nitrogens is 1. The molecule has 1 aromatic heterocycles. The molecule has 2 aliphatic rings. The Morgan fingerprint density at radius 1 is 0.655 bits per heavy atom. The summed E-state index contributed by atoms with van der Waals surface area (Å²) in [6.45, 7) is 5.55. The van der Waals surface area contributed by atoms with Gasteiger partial charge in [0.05, 0.1) is 20.9 Å². The number of nitrogens with zero attached hydrogens (tertiary/aromatic N) is 2. The van der Waals surface area contributed by atoms with Gasteiger partial charge in [0.25, 0.3) is 20.2 Å². The minimum absolute atomic E-state index is 0.0495. The third-order valence-corrected chi connectivity index (χ3v) is 11.7. The topological polar surface area (TPSA) is 153 Å². The Bertz CT molecular complexity index is 2870. The highest BCUT2D eigenvalue weighted by Gasteiger charge is 2.34. The molecule has 10 nitrogen and oxygen atoms in total. The van der Waals surface area contributed by atoms with E-state index in [4.69, 9.17) is 0 Å². The lowest BCUT2D eigenvalue weighted by atomic mass is 9.86. The van der Waals surface area contributed by atoms with Crippen LogP contribution >= 0.6 is 0 Å². The van der Waals surface area contributed by atoms with E-state index in [1.165, 1.54) is 24.3 Å². The van der Waals surface area contributed by atoms with Gasteiger partial charge in [-0.15, -0.1) is 0 Å². The second-order valence-electron chi connectivity index (χ2n) is 14.0. The number of hydrogen-bond acceptors (Lipinski definition) is 7. The first-order valence-corrected chi connectivity index (χ1v) is 21.6. The van der Waals surface area contributed by atoms with Crippen LogP contribution in [0, 0.1) is 0 Å². The number of allylic oxidation sites excluding steroid dienone is 4. The predicted molar refractivity (Wildman–Crippen MR) is 229 cm³/mol. The van der Waals surface area contributed by atoms with Crippen LogP contribution in [0.5, 0.6) is 0 Å². The average Bonchev–Trinajstić information content (AvgIpc) is 3.21. The average molecular weight is 814 g/mol. The molecule has 1 aliphatic carbocycles. The largest absolute Gasteiger partial charge is 0.506 e. The van der Waals surface area contributed by atoms with Crippen LogP contribution in [0.15, 0.2) is 142 Å². The van der Waals surface area contributed by atoms with Crippen molar-refractivity contribution in [2.75, 3.05) is 11.4 Å². The Balaban J connectivity index is 1.11. The quantitative estimate of drug-likeness (QED) is 0.0485. The molecule has 0 unspecified atom stereocenters. The fraction of sp³-hybridized carbons (Fsp3) is 0.130. The molecule has 5 aromatic rings. The van der Waals surface area contributed by atoms with Crippen molar-refractivity contribution in [3.8, 4) is 0 Å². The zero-order valence-electron chi connectivity index (χ0n) is 31.8. The molecule has 1 aliphatic heterocycles. The van der Waals surface area contributed by atoms with Gasteiger partial charge in [-0.05, 0) is 101 Å². The van der Waals surface area contributed by atoms with Gasteiger partial charge in [0, 0.05) is 47.9 Å². The third kappa shape index (κ3) is 8.55. The number of carbonyl (C=O) groups is 1. The van der Waals surface area contributed by atoms with E-state index in [1.54, 1.807) is 36.4 Å². The van der Waals surface area contributed by atoms with Crippen LogP contribution in [-0.2, 0) is 31.6 Å². The summed E-state index contributed by atoms with van der Waals surface area (Å²) in [5.74, 6) is -0.287. The summed E-state index contributed by atoms with van der Waals surface area (Å²) in [6, 6.07) is 27.9. The molecule has 0 radical (unpaired) electrons. The van der Waals surface area contributed by atoms with Crippen molar-refractivity contribution in [3.63, 3.8) is 0 Å². The zero-order chi connectivity index (χ0) is 41.2. The number of aliphatic hydroxyl groups is 1. The molecular formula is C46H41N2O8S2+. The normalized spacial score (nSPS) is 16.0. The summed E-state index contributed by atoms with van der Waals surface area (Å²) < 4.78 is 66.1. The van der Waals surface area contributed by atoms with Crippen LogP contribution in [0.4, 0.5) is 5.69 Å². The maximum Gasteiger partial charge on any atom is 0.294 e. The molecule has 0 amide bonds. The molecule has 7 rings (SSSR count). The number of benzene rings is 4. The van der Waals surface area contributed by atoms with E-state index in [9.17, 15) is 35.8 Å². The van der Waals surface area contributed by atoms with Gasteiger partial charge in [-0.3, -0.25) is 13.9 Å². The highest BCUT2D eigenvalue weighted by atomic mass is 32.2. The summed E-state index contributed by atoms with van der Waals surface area (Å²) in [5, 5.41) is 12.2. The van der Waals surface area contributed by atoms with Crippen LogP contribution in [-0.4, -0.2) is 43.4 Å². The van der Waals surface area contributed by atoms with E-state index >= 15 is 0 Å². The van der Waals surface area contributed by atoms with Gasteiger partial charge >= 0.3 is 0 Å². The number of hydrogen-bond donors (Lipinski definition) is 3. The first-order chi connectivity index (χ1) is 27.7. The van der Waals surface area contributed by atoms with Crippen molar-refractivity contribution in [3.05, 3.63) is 165 Å². The number of Topliss-reactive ketones (excluding diaryl/α,β-unsaturated/α-hetero) is 1. The molecule has 4 aromatic carbocycles. The molecule has 0 saturated carbocycles. The Labute approximate surface area is 337 Å². The van der Waals surface area contributed by atoms with Crippen molar-refractivity contribution in [2.24, 2.45) is 0 Å². The second kappa shape index (κ2) is 16.4. The monoisotopic (exact) mass is 813 g/mol. The van der Waals surface area contributed by atoms with Gasteiger partial charge in [-0.1, -0.05) is 74.6 Å². The standard InChI is InChI=1S/C46H40N2O8S2/c1-3-25-47-37(17-15-35-27-33(13-23-43(35)47)7-5-31-9-19-39(20-10-31)57(51,52)53)29-41-45(49)42(46(41)50)30-38-18-16-36-28-34(14-24-44(36)48(38)26-4-2)8-6-32-11-21-40(22-12-32)58(54,55)56/h5-24,27-30H,3-4,25-26H2,1-2H3,(H2-,49,50,51,52,53,54,55,56)/p+1/b7-5+,8-6+. The van der Waals surface area contributed by atoms with Crippen molar-refractivity contribution < 1.29 is 40.4 Å². The Morgan fingerprint density at radius 3 is 1.79 bits per heavy atom. The van der Waals surface area contributed by atoms with Crippen LogP contribution in [0.25, 0.3) is 47.4 Å². The van der Waals surface area contributed by atoms with Crippen LogP contribution in [0.2, 0.25) is 0 Å². The molecule has 12 heteroatoms. The Kier molecular flexibility index (Phi) is 11.3. The van der Waals surface area contributed by atoms with Gasteiger partial charge in [0.1, 0.15) is 12.3 Å². The van der Waals surface area contributed by atoms with E-state index in [1.807, 2.05) is 85.0 Å². The lowest BCUT2D eigenvalue weighted by Gasteiger charge is -2.31. The highest BCUT2D eigenvalue weighted by molar-refractivity contribution is 7.86. The van der Waals surface area contributed by atoms with Crippen LogP contribution in [0.3, 0.4) is 0 Å². The zero-order valence-corrected chi connectivity index (χ0v) is 33.4. The fourth-order valence-corrected chi connectivity index (χ4v) is 7.97. The summed E-state index contributed by atoms with van der Waals surface area (Å²) >= 11 is 0. The van der Waals surface area contributed by atoms with Gasteiger partial charge in [-0.25, -0.2) is 0 Å². The number of ketones is 1. The molecule has 58 heavy (non-hydrogen) atoms. The molecule has 294 valence electrons. The van der Waals surface area contributed by atoms with E-state index < -0.39 is 20.2 Å². The van der Waals surface area contributed by atoms with Crippen molar-refractivity contribution in [1.29, 1.82) is 0 Å². The molecule has 2 heterocycles. The fourth-order valence-electron chi connectivity index (χ4n) is 7.01. The van der Waals surface area contributed by atoms with Gasteiger partial charge < -0.3 is 10.0 Å². The minimum Gasteiger partial charge on any atom is -0.506 e. The number of aryl methyl sites for hydroxylation is 1. The number of pyridine rings is 1. The van der Waals surface area contributed by atoms with Crippen molar-refractivity contribution in [1.82, 2.24) is 0 Å². The summed E-state index contributed by atoms with van der Waals surface area (Å²) in [6.07, 6.45) is 16.7. The molecule has 0 bridgehead atoms. The van der Waals surface area contributed by atoms with Gasteiger partial charge in [-0.2, -0.15) is 21.4 Å². The lowest BCUT2D eigenvalue weighted by Crippen LogP contribution is -2.38. The van der Waals surface area contributed by atoms with Crippen LogP contribution < -0.4 is 9.47 Å². The molecule has 0 atom stereocenters. The van der Waals surface area contributed by atoms with Crippen molar-refractivity contribution in [2.45, 2.75) is 43.0 Å². The Hall–Kier alpha value is -6.18. The summed E-state index contributed by atoms with van der Waals surface area (Å²) in [4.78, 5) is 15.4. The molecule has 0 spiro atoms. The maximum atomic E-state index is 13.6. The lowest BCUT2D eigenvalue weighted by molar-refractivity contribution is -0.673. The second-order valence-corrected chi connectivity index (χ2v) is 16.8. The Morgan fingerprint density at radius 2 is 1.22 bits per heavy atom. The minimum atomic E-state index is -4.26. The molecule has 0 saturated heterocycles. The first kappa shape index (κ1) is 40.0. The molecule has 0 fully saturated rings. The van der Waals surface area contributed by atoms with Crippen molar-refractivity contribution >= 4 is 79.1 Å². The predicted octanol–water partition coefficient (Wildman–Crippen LogP) is 8.98. The van der Waals surface area contributed by atoms with E-state index in [2.05, 4.69) is 23.3 Å². The van der Waals surface area contributed by atoms with Gasteiger partial charge in [0.15, 0.2) is 0 Å². The third-order valence-electron chi connectivity index (χ3n) is 9.95.